The Kier molecular flexibility index (Phi) is 16.4. The van der Waals surface area contributed by atoms with E-state index in [1.54, 1.807) is 0 Å². The van der Waals surface area contributed by atoms with Crippen LogP contribution in [0.15, 0.2) is 0 Å². The first-order valence-corrected chi connectivity index (χ1v) is 11.5. The summed E-state index contributed by atoms with van der Waals surface area (Å²) in [7, 11) is 0. The lowest BCUT2D eigenvalue weighted by Crippen LogP contribution is -2.48. The summed E-state index contributed by atoms with van der Waals surface area (Å²) in [4.78, 5) is 16.4. The van der Waals surface area contributed by atoms with Crippen LogP contribution < -0.4 is 0 Å². The third-order valence-corrected chi connectivity index (χ3v) is 5.01. The number of rotatable bonds is 18. The molecular weight excluding hydrogens is 372 g/mol. The van der Waals surface area contributed by atoms with Gasteiger partial charge in [0.25, 0.3) is 0 Å². The van der Waals surface area contributed by atoms with Gasteiger partial charge >= 0.3 is 0 Å². The molecule has 0 aromatic rings. The van der Waals surface area contributed by atoms with Gasteiger partial charge in [-0.1, -0.05) is 19.8 Å². The van der Waals surface area contributed by atoms with Crippen LogP contribution in [0.4, 0.5) is 0 Å². The molecule has 0 aromatic heterocycles. The van der Waals surface area contributed by atoms with Gasteiger partial charge in [-0.3, -0.25) is 4.79 Å². The molecule has 0 bridgehead atoms. The molecule has 0 aromatic carbocycles. The molecule has 1 rings (SSSR count). The molecule has 0 spiro atoms. The monoisotopic (exact) mass is 416 g/mol. The summed E-state index contributed by atoms with van der Waals surface area (Å²) in [6.45, 7) is 15.4. The highest BCUT2D eigenvalue weighted by Gasteiger charge is 2.19. The van der Waals surface area contributed by atoms with Crippen molar-refractivity contribution in [1.29, 1.82) is 0 Å². The fraction of sp³-hybridized carbons (Fsp3) is 0.955. The number of nitrogens with zero attached hydrogens (tertiary/aromatic N) is 2. The lowest BCUT2D eigenvalue weighted by atomic mass is 10.2. The van der Waals surface area contributed by atoms with Crippen LogP contribution in [0.2, 0.25) is 0 Å². The minimum absolute atomic E-state index is 0.197. The number of amides is 1. The fourth-order valence-corrected chi connectivity index (χ4v) is 3.15. The van der Waals surface area contributed by atoms with Crippen LogP contribution in [0.5, 0.6) is 0 Å². The van der Waals surface area contributed by atoms with Gasteiger partial charge in [0.15, 0.2) is 0 Å². The molecule has 7 nitrogen and oxygen atoms in total. The van der Waals surface area contributed by atoms with Gasteiger partial charge < -0.3 is 28.7 Å². The molecule has 1 fully saturated rings. The summed E-state index contributed by atoms with van der Waals surface area (Å²) in [5, 5.41) is 0. The van der Waals surface area contributed by atoms with Crippen LogP contribution >= 0.6 is 0 Å². The standard InChI is InChI=1S/C22H44N2O5/c1-4-23-10-12-24(13-11-23)22(25)9-16-27-18-20-28-19-17-26-14-7-5-6-8-15-29-21(2)3/h21H,4-20H2,1-3H3. The molecule has 0 atom stereocenters. The minimum Gasteiger partial charge on any atom is -0.379 e. The Morgan fingerprint density at radius 3 is 1.90 bits per heavy atom. The predicted octanol–water partition coefficient (Wildman–Crippen LogP) is 2.58. The van der Waals surface area contributed by atoms with Crippen molar-refractivity contribution in [2.45, 2.75) is 59.0 Å². The Bertz CT molecular complexity index is 387. The van der Waals surface area contributed by atoms with Crippen molar-refractivity contribution in [2.75, 3.05) is 79.0 Å². The van der Waals surface area contributed by atoms with E-state index in [0.29, 0.717) is 45.6 Å². The SMILES string of the molecule is CCN1CCN(C(=O)CCOCCOCCOCCCCCCOC(C)C)CC1. The van der Waals surface area contributed by atoms with Crippen LogP contribution in [-0.2, 0) is 23.7 Å². The first-order chi connectivity index (χ1) is 14.1. The average Bonchev–Trinajstić information content (AvgIpc) is 2.73. The highest BCUT2D eigenvalue weighted by molar-refractivity contribution is 5.76. The van der Waals surface area contributed by atoms with Crippen molar-refractivity contribution in [2.24, 2.45) is 0 Å². The maximum atomic E-state index is 12.1. The highest BCUT2D eigenvalue weighted by Crippen LogP contribution is 2.04. The number of ether oxygens (including phenoxy) is 4. The van der Waals surface area contributed by atoms with Gasteiger partial charge in [-0.25, -0.2) is 0 Å². The van der Waals surface area contributed by atoms with Crippen molar-refractivity contribution in [3.8, 4) is 0 Å². The molecule has 0 aliphatic carbocycles. The van der Waals surface area contributed by atoms with Crippen LogP contribution in [0.3, 0.4) is 0 Å². The summed E-state index contributed by atoms with van der Waals surface area (Å²) in [5.74, 6) is 0.197. The molecule has 1 heterocycles. The molecule has 0 saturated carbocycles. The first-order valence-electron chi connectivity index (χ1n) is 11.5. The Morgan fingerprint density at radius 2 is 1.31 bits per heavy atom. The molecule has 29 heavy (non-hydrogen) atoms. The second-order valence-electron chi connectivity index (χ2n) is 7.74. The molecule has 0 unspecified atom stereocenters. The Morgan fingerprint density at radius 1 is 0.759 bits per heavy atom. The molecule has 0 N–H and O–H groups in total. The zero-order valence-corrected chi connectivity index (χ0v) is 19.0. The van der Waals surface area contributed by atoms with E-state index in [2.05, 4.69) is 25.7 Å². The van der Waals surface area contributed by atoms with E-state index >= 15 is 0 Å². The topological polar surface area (TPSA) is 60.5 Å². The van der Waals surface area contributed by atoms with E-state index in [4.69, 9.17) is 18.9 Å². The number of likely N-dealkylation sites (N-methyl/N-ethyl adjacent to an activating group) is 1. The Balaban J connectivity index is 1.76. The number of hydrogen-bond donors (Lipinski definition) is 0. The van der Waals surface area contributed by atoms with Gasteiger partial charge in [0.2, 0.25) is 5.91 Å². The summed E-state index contributed by atoms with van der Waals surface area (Å²) >= 11 is 0. The zero-order chi connectivity index (χ0) is 21.2. The molecule has 1 amide bonds. The molecule has 7 heteroatoms. The minimum atomic E-state index is 0.197. The zero-order valence-electron chi connectivity index (χ0n) is 19.0. The lowest BCUT2D eigenvalue weighted by molar-refractivity contribution is -0.134. The fourth-order valence-electron chi connectivity index (χ4n) is 3.15. The summed E-state index contributed by atoms with van der Waals surface area (Å²) in [6.07, 6.45) is 5.39. The van der Waals surface area contributed by atoms with Gasteiger partial charge in [-0.2, -0.15) is 0 Å². The van der Waals surface area contributed by atoms with Crippen LogP contribution in [0.1, 0.15) is 52.9 Å². The van der Waals surface area contributed by atoms with Gasteiger partial charge in [0.05, 0.1) is 45.6 Å². The predicted molar refractivity (Wildman–Crippen MR) is 115 cm³/mol. The van der Waals surface area contributed by atoms with E-state index in [0.717, 1.165) is 58.8 Å². The smallest absolute Gasteiger partial charge is 0.224 e. The largest absolute Gasteiger partial charge is 0.379 e. The van der Waals surface area contributed by atoms with Crippen LogP contribution in [0, 0.1) is 0 Å². The Hall–Kier alpha value is -0.730. The summed E-state index contributed by atoms with van der Waals surface area (Å²) in [6, 6.07) is 0. The Labute approximate surface area is 178 Å². The summed E-state index contributed by atoms with van der Waals surface area (Å²) < 4.78 is 22.1. The second kappa shape index (κ2) is 18.1. The second-order valence-corrected chi connectivity index (χ2v) is 7.74. The first kappa shape index (κ1) is 26.3. The van der Waals surface area contributed by atoms with Crippen molar-refractivity contribution >= 4 is 5.91 Å². The van der Waals surface area contributed by atoms with E-state index in [-0.39, 0.29) is 5.91 Å². The van der Waals surface area contributed by atoms with Gasteiger partial charge in [0, 0.05) is 39.4 Å². The van der Waals surface area contributed by atoms with Crippen molar-refractivity contribution in [3.05, 3.63) is 0 Å². The maximum Gasteiger partial charge on any atom is 0.224 e. The van der Waals surface area contributed by atoms with Crippen molar-refractivity contribution in [3.63, 3.8) is 0 Å². The van der Waals surface area contributed by atoms with Gasteiger partial charge in [-0.15, -0.1) is 0 Å². The molecule has 1 aliphatic heterocycles. The number of hydrogen-bond acceptors (Lipinski definition) is 6. The quantitative estimate of drug-likeness (QED) is 0.320. The molecule has 172 valence electrons. The van der Waals surface area contributed by atoms with E-state index in [1.165, 1.54) is 12.8 Å². The summed E-state index contributed by atoms with van der Waals surface area (Å²) in [5.41, 5.74) is 0. The third kappa shape index (κ3) is 14.8. The third-order valence-electron chi connectivity index (χ3n) is 5.01. The number of unbranched alkanes of at least 4 members (excludes halogenated alkanes) is 3. The number of piperazine rings is 1. The number of carbonyl (C=O) groups excluding carboxylic acids is 1. The molecular formula is C22H44N2O5. The van der Waals surface area contributed by atoms with E-state index in [9.17, 15) is 4.79 Å². The highest BCUT2D eigenvalue weighted by atomic mass is 16.5. The number of carbonyl (C=O) groups is 1. The normalized spacial score (nSPS) is 15.4. The van der Waals surface area contributed by atoms with Gasteiger partial charge in [-0.05, 0) is 33.2 Å². The van der Waals surface area contributed by atoms with Gasteiger partial charge in [0.1, 0.15) is 0 Å². The van der Waals surface area contributed by atoms with Crippen LogP contribution in [0.25, 0.3) is 0 Å². The van der Waals surface area contributed by atoms with E-state index < -0.39 is 0 Å². The van der Waals surface area contributed by atoms with Crippen molar-refractivity contribution < 1.29 is 23.7 Å². The molecule has 1 aliphatic rings. The van der Waals surface area contributed by atoms with E-state index in [1.807, 2.05) is 4.90 Å². The lowest BCUT2D eigenvalue weighted by Gasteiger charge is -2.34. The molecule has 0 radical (unpaired) electrons. The van der Waals surface area contributed by atoms with Crippen molar-refractivity contribution in [1.82, 2.24) is 9.80 Å². The van der Waals surface area contributed by atoms with Crippen LogP contribution in [-0.4, -0.2) is 101 Å². The maximum absolute atomic E-state index is 12.1. The molecule has 1 saturated heterocycles. The average molecular weight is 417 g/mol.